The van der Waals surface area contributed by atoms with E-state index in [1.54, 1.807) is 0 Å². The summed E-state index contributed by atoms with van der Waals surface area (Å²) in [6.07, 6.45) is 2.03. The summed E-state index contributed by atoms with van der Waals surface area (Å²) in [6, 6.07) is 5.10. The SMILES string of the molecule is O=C1NC(=O)C(NC(=O)c2cnn(-c3ccc(F)cc3)n2)(c2ccnn2C(F)F)N1. The quantitative estimate of drug-likeness (QED) is 0.512. The number of carbonyl (C=O) groups is 3. The molecule has 1 saturated heterocycles. The molecule has 0 radical (unpaired) electrons. The Hall–Kier alpha value is -4.23. The van der Waals surface area contributed by atoms with Crippen LogP contribution in [0.3, 0.4) is 0 Å². The molecule has 1 aromatic carbocycles. The number of aromatic nitrogens is 5. The van der Waals surface area contributed by atoms with Crippen molar-refractivity contribution in [2.24, 2.45) is 0 Å². The summed E-state index contributed by atoms with van der Waals surface area (Å²) in [7, 11) is 0. The van der Waals surface area contributed by atoms with Crippen LogP contribution in [0.1, 0.15) is 22.7 Å². The first-order chi connectivity index (χ1) is 14.3. The van der Waals surface area contributed by atoms with Gasteiger partial charge in [-0.15, -0.1) is 5.10 Å². The number of carbonyl (C=O) groups excluding carboxylic acids is 3. The zero-order valence-electron chi connectivity index (χ0n) is 14.7. The van der Waals surface area contributed by atoms with Gasteiger partial charge in [-0.1, -0.05) is 0 Å². The summed E-state index contributed by atoms with van der Waals surface area (Å²) in [6.45, 7) is -3.14. The van der Waals surface area contributed by atoms with E-state index in [-0.39, 0.29) is 10.4 Å². The second-order valence-electron chi connectivity index (χ2n) is 6.05. The predicted octanol–water partition coefficient (Wildman–Crippen LogP) is 0.420. The van der Waals surface area contributed by atoms with E-state index in [9.17, 15) is 27.6 Å². The lowest BCUT2D eigenvalue weighted by Crippen LogP contribution is -2.59. The average molecular weight is 420 g/mol. The maximum atomic E-state index is 13.3. The number of halogens is 3. The number of urea groups is 1. The van der Waals surface area contributed by atoms with Crippen LogP contribution >= 0.6 is 0 Å². The Kier molecular flexibility index (Phi) is 4.45. The van der Waals surface area contributed by atoms with Crippen LogP contribution in [0, 0.1) is 5.82 Å². The Morgan fingerprint density at radius 2 is 1.87 bits per heavy atom. The number of amides is 4. The molecule has 11 nitrogen and oxygen atoms in total. The van der Waals surface area contributed by atoms with E-state index in [4.69, 9.17) is 0 Å². The van der Waals surface area contributed by atoms with Crippen molar-refractivity contribution >= 4 is 17.8 Å². The van der Waals surface area contributed by atoms with Crippen molar-refractivity contribution in [3.05, 3.63) is 59.9 Å². The van der Waals surface area contributed by atoms with Crippen molar-refractivity contribution in [1.82, 2.24) is 40.7 Å². The highest BCUT2D eigenvalue weighted by atomic mass is 19.3. The lowest BCUT2D eigenvalue weighted by Gasteiger charge is -2.27. The molecule has 154 valence electrons. The predicted molar refractivity (Wildman–Crippen MR) is 90.6 cm³/mol. The Labute approximate surface area is 164 Å². The Morgan fingerprint density at radius 3 is 2.50 bits per heavy atom. The van der Waals surface area contributed by atoms with E-state index in [0.717, 1.165) is 35.4 Å². The highest BCUT2D eigenvalue weighted by molar-refractivity contribution is 6.09. The minimum atomic E-state index is -3.14. The summed E-state index contributed by atoms with van der Waals surface area (Å²) in [5.41, 5.74) is -2.77. The van der Waals surface area contributed by atoms with Crippen LogP contribution in [0.5, 0.6) is 0 Å². The number of alkyl halides is 2. The van der Waals surface area contributed by atoms with Gasteiger partial charge in [0.1, 0.15) is 11.5 Å². The first-order valence-electron chi connectivity index (χ1n) is 8.27. The van der Waals surface area contributed by atoms with E-state index in [2.05, 4.69) is 25.9 Å². The van der Waals surface area contributed by atoms with E-state index >= 15 is 0 Å². The van der Waals surface area contributed by atoms with Gasteiger partial charge in [-0.2, -0.15) is 23.8 Å². The number of rotatable bonds is 5. The number of hydrogen-bond acceptors (Lipinski definition) is 6. The van der Waals surface area contributed by atoms with Gasteiger partial charge in [0, 0.05) is 6.20 Å². The second-order valence-corrected chi connectivity index (χ2v) is 6.05. The van der Waals surface area contributed by atoms with Gasteiger partial charge < -0.3 is 10.6 Å². The van der Waals surface area contributed by atoms with Crippen molar-refractivity contribution in [3.63, 3.8) is 0 Å². The maximum absolute atomic E-state index is 13.3. The molecule has 2 aromatic heterocycles. The first-order valence-corrected chi connectivity index (χ1v) is 8.27. The highest BCUT2D eigenvalue weighted by Gasteiger charge is 2.52. The molecule has 1 atom stereocenters. The highest BCUT2D eigenvalue weighted by Crippen LogP contribution is 2.26. The van der Waals surface area contributed by atoms with Crippen molar-refractivity contribution in [2.75, 3.05) is 0 Å². The lowest BCUT2D eigenvalue weighted by molar-refractivity contribution is -0.125. The topological polar surface area (TPSA) is 136 Å². The third-order valence-electron chi connectivity index (χ3n) is 4.19. The van der Waals surface area contributed by atoms with Crippen LogP contribution in [0.25, 0.3) is 5.69 Å². The molecule has 1 aliphatic heterocycles. The zero-order valence-corrected chi connectivity index (χ0v) is 14.7. The fourth-order valence-corrected chi connectivity index (χ4v) is 2.85. The normalized spacial score (nSPS) is 18.4. The number of benzene rings is 1. The molecule has 4 amide bonds. The Morgan fingerprint density at radius 1 is 1.13 bits per heavy atom. The molecule has 3 aromatic rings. The van der Waals surface area contributed by atoms with Crippen LogP contribution < -0.4 is 16.0 Å². The maximum Gasteiger partial charge on any atom is 0.333 e. The largest absolute Gasteiger partial charge is 0.333 e. The third-order valence-corrected chi connectivity index (χ3v) is 4.19. The van der Waals surface area contributed by atoms with Crippen LogP contribution in [0.2, 0.25) is 0 Å². The molecule has 0 bridgehead atoms. The van der Waals surface area contributed by atoms with Gasteiger partial charge in [-0.3, -0.25) is 14.9 Å². The molecule has 0 aliphatic carbocycles. The molecule has 1 aliphatic rings. The summed E-state index contributed by atoms with van der Waals surface area (Å²) in [5, 5.41) is 17.4. The molecule has 4 rings (SSSR count). The van der Waals surface area contributed by atoms with Crippen molar-refractivity contribution in [1.29, 1.82) is 0 Å². The lowest BCUT2D eigenvalue weighted by atomic mass is 10.1. The Balaban J connectivity index is 1.67. The summed E-state index contributed by atoms with van der Waals surface area (Å²) in [5.74, 6) is -2.57. The summed E-state index contributed by atoms with van der Waals surface area (Å²) in [4.78, 5) is 37.9. The fourth-order valence-electron chi connectivity index (χ4n) is 2.85. The molecule has 3 N–H and O–H groups in total. The number of hydrogen-bond donors (Lipinski definition) is 3. The molecule has 3 heterocycles. The molecule has 14 heteroatoms. The molecule has 1 unspecified atom stereocenters. The van der Waals surface area contributed by atoms with Crippen LogP contribution in [0.4, 0.5) is 18.0 Å². The molecule has 1 fully saturated rings. The number of nitrogens with one attached hydrogen (secondary N) is 3. The standard InChI is InChI=1S/C16H11F3N8O3/c17-8-1-3-9(4-2-8)27-21-7-10(25-27)12(28)23-16(13(29)22-15(30)24-16)11-5-6-20-26(11)14(18)19/h1-7,14H,(H,23,28)(H2,22,24,29,30). The minimum absolute atomic E-state index is 0.181. The first kappa shape index (κ1) is 19.1. The smallest absolute Gasteiger partial charge is 0.315 e. The van der Waals surface area contributed by atoms with E-state index in [1.165, 1.54) is 12.1 Å². The van der Waals surface area contributed by atoms with Gasteiger partial charge >= 0.3 is 12.6 Å². The molecule has 0 saturated carbocycles. The van der Waals surface area contributed by atoms with Gasteiger partial charge in [0.2, 0.25) is 5.66 Å². The number of nitrogens with zero attached hydrogens (tertiary/aromatic N) is 5. The van der Waals surface area contributed by atoms with Gasteiger partial charge in [0.25, 0.3) is 11.8 Å². The van der Waals surface area contributed by atoms with E-state index in [0.29, 0.717) is 5.69 Å². The molecule has 30 heavy (non-hydrogen) atoms. The zero-order chi connectivity index (χ0) is 21.5. The van der Waals surface area contributed by atoms with Crippen LogP contribution in [-0.4, -0.2) is 42.6 Å². The van der Waals surface area contributed by atoms with E-state index in [1.807, 2.05) is 5.32 Å². The molecular formula is C16H11F3N8O3. The van der Waals surface area contributed by atoms with Gasteiger partial charge in [0.15, 0.2) is 5.69 Å². The van der Waals surface area contributed by atoms with Crippen molar-refractivity contribution in [2.45, 2.75) is 12.2 Å². The second kappa shape index (κ2) is 6.98. The van der Waals surface area contributed by atoms with Gasteiger partial charge in [-0.25, -0.2) is 13.9 Å². The molecular weight excluding hydrogens is 409 g/mol. The Bertz CT molecular complexity index is 1140. The third kappa shape index (κ3) is 3.13. The summed E-state index contributed by atoms with van der Waals surface area (Å²) < 4.78 is 39.8. The average Bonchev–Trinajstić information content (AvgIpc) is 3.42. The van der Waals surface area contributed by atoms with Crippen LogP contribution in [-0.2, 0) is 10.5 Å². The minimum Gasteiger partial charge on any atom is -0.315 e. The summed E-state index contributed by atoms with van der Waals surface area (Å²) >= 11 is 0. The van der Waals surface area contributed by atoms with Crippen LogP contribution in [0.15, 0.2) is 42.7 Å². The fraction of sp³-hybridized carbons (Fsp3) is 0.125. The number of imide groups is 1. The van der Waals surface area contributed by atoms with Crippen molar-refractivity contribution in [3.8, 4) is 5.69 Å². The molecule has 0 spiro atoms. The van der Waals surface area contributed by atoms with Gasteiger partial charge in [0.05, 0.1) is 11.9 Å². The van der Waals surface area contributed by atoms with Gasteiger partial charge in [-0.05, 0) is 30.3 Å². The van der Waals surface area contributed by atoms with E-state index < -0.39 is 41.6 Å². The van der Waals surface area contributed by atoms with Crippen molar-refractivity contribution < 1.29 is 27.6 Å². The monoisotopic (exact) mass is 420 g/mol.